The van der Waals surface area contributed by atoms with Crippen LogP contribution in [0.3, 0.4) is 0 Å². The van der Waals surface area contributed by atoms with Crippen LogP contribution in [0.2, 0.25) is 0 Å². The third kappa shape index (κ3) is 71.1. The van der Waals surface area contributed by atoms with Gasteiger partial charge in [0.2, 0.25) is 0 Å². The Balaban J connectivity index is 0. The van der Waals surface area contributed by atoms with E-state index in [4.69, 9.17) is 19.8 Å². The standard InChI is InChI=1S/C4H8O2.H3O3PS/c1-2-3-4(5)6;1-4(2,3)5/h2-3H2,1H3,(H,5,6);(H3,1,2,3,5). The molecule has 0 aromatic heterocycles. The smallest absolute Gasteiger partial charge is 0.319 e. The number of carboxylic acids is 1. The lowest BCUT2D eigenvalue weighted by Crippen LogP contribution is -1.90. The number of carbonyl (C=O) groups is 1. The maximum atomic E-state index is 9.60. The first-order chi connectivity index (χ1) is 4.77. The van der Waals surface area contributed by atoms with Crippen LogP contribution in [0, 0.1) is 0 Å². The van der Waals surface area contributed by atoms with Gasteiger partial charge in [-0.3, -0.25) is 4.79 Å². The number of carboxylic acid groups (broad SMARTS) is 1. The molecular formula is C4H11O5PS. The fourth-order valence-corrected chi connectivity index (χ4v) is 0.214. The summed E-state index contributed by atoms with van der Waals surface area (Å²) in [5.41, 5.74) is 0. The summed E-state index contributed by atoms with van der Waals surface area (Å²) >= 11 is 3.60. The van der Waals surface area contributed by atoms with Gasteiger partial charge in [-0.25, -0.2) is 0 Å². The highest BCUT2D eigenvalue weighted by molar-refractivity contribution is 8.06. The van der Waals surface area contributed by atoms with Crippen molar-refractivity contribution >= 4 is 24.5 Å². The average Bonchev–Trinajstić information content (AvgIpc) is 1.58. The van der Waals surface area contributed by atoms with Crippen molar-refractivity contribution in [2.45, 2.75) is 19.8 Å². The SMILES string of the molecule is CCCC(=O)O.OP(O)(O)=S. The van der Waals surface area contributed by atoms with Crippen molar-refractivity contribution < 1.29 is 24.6 Å². The van der Waals surface area contributed by atoms with Crippen LogP contribution in [0.5, 0.6) is 0 Å². The van der Waals surface area contributed by atoms with Crippen molar-refractivity contribution in [2.75, 3.05) is 0 Å². The van der Waals surface area contributed by atoms with Crippen LogP contribution in [0.15, 0.2) is 0 Å². The molecule has 0 rings (SSSR count). The first-order valence-corrected chi connectivity index (χ1v) is 5.43. The Bertz CT molecular complexity index is 144. The Morgan fingerprint density at radius 2 is 1.73 bits per heavy atom. The predicted octanol–water partition coefficient (Wildman–Crippen LogP) is 0.0589. The molecule has 0 aliphatic rings. The lowest BCUT2D eigenvalue weighted by atomic mass is 10.4. The summed E-state index contributed by atoms with van der Waals surface area (Å²) in [5.74, 6) is -0.711. The minimum atomic E-state index is -3.81. The topological polar surface area (TPSA) is 98.0 Å². The van der Waals surface area contributed by atoms with Crippen LogP contribution in [-0.2, 0) is 16.6 Å². The minimum Gasteiger partial charge on any atom is -0.481 e. The van der Waals surface area contributed by atoms with Crippen LogP contribution < -0.4 is 0 Å². The lowest BCUT2D eigenvalue weighted by molar-refractivity contribution is -0.137. The molecule has 0 unspecified atom stereocenters. The van der Waals surface area contributed by atoms with Crippen molar-refractivity contribution in [2.24, 2.45) is 0 Å². The Hall–Kier alpha value is -0.0000000000000000833. The third-order valence-electron chi connectivity index (χ3n) is 0.464. The van der Waals surface area contributed by atoms with Gasteiger partial charge in [0.15, 0.2) is 0 Å². The maximum Gasteiger partial charge on any atom is 0.319 e. The third-order valence-corrected chi connectivity index (χ3v) is 0.464. The molecule has 0 aliphatic heterocycles. The van der Waals surface area contributed by atoms with Crippen molar-refractivity contribution in [1.29, 1.82) is 0 Å². The molecule has 0 aromatic rings. The first kappa shape index (κ1) is 13.6. The normalized spacial score (nSPS) is 9.82. The fraction of sp³-hybridized carbons (Fsp3) is 0.750. The number of hydrogen-bond acceptors (Lipinski definition) is 2. The van der Waals surface area contributed by atoms with E-state index >= 15 is 0 Å². The average molecular weight is 202 g/mol. The van der Waals surface area contributed by atoms with E-state index in [1.165, 1.54) is 0 Å². The van der Waals surface area contributed by atoms with Crippen LogP contribution in [0.1, 0.15) is 19.8 Å². The largest absolute Gasteiger partial charge is 0.481 e. The van der Waals surface area contributed by atoms with Crippen molar-refractivity contribution in [3.63, 3.8) is 0 Å². The highest BCUT2D eigenvalue weighted by Crippen LogP contribution is 2.26. The Morgan fingerprint density at radius 3 is 1.73 bits per heavy atom. The molecule has 0 radical (unpaired) electrons. The van der Waals surface area contributed by atoms with E-state index in [1.54, 1.807) is 0 Å². The van der Waals surface area contributed by atoms with Crippen LogP contribution >= 0.6 is 6.72 Å². The number of rotatable bonds is 2. The molecule has 0 bridgehead atoms. The molecule has 68 valence electrons. The molecule has 0 aromatic carbocycles. The molecule has 0 saturated carbocycles. The van der Waals surface area contributed by atoms with Crippen molar-refractivity contribution in [3.05, 3.63) is 0 Å². The van der Waals surface area contributed by atoms with Gasteiger partial charge in [-0.15, -0.1) is 0 Å². The zero-order valence-corrected chi connectivity index (χ0v) is 7.68. The zero-order valence-electron chi connectivity index (χ0n) is 5.97. The van der Waals surface area contributed by atoms with E-state index in [-0.39, 0.29) is 0 Å². The summed E-state index contributed by atoms with van der Waals surface area (Å²) in [6, 6.07) is 0. The van der Waals surface area contributed by atoms with Crippen LogP contribution in [0.4, 0.5) is 0 Å². The lowest BCUT2D eigenvalue weighted by Gasteiger charge is -1.88. The second-order valence-corrected chi connectivity index (χ2v) is 4.15. The molecule has 7 heteroatoms. The monoisotopic (exact) mass is 202 g/mol. The van der Waals surface area contributed by atoms with E-state index in [0.717, 1.165) is 6.42 Å². The highest BCUT2D eigenvalue weighted by Gasteiger charge is 1.92. The Labute approximate surface area is 69.6 Å². The summed E-state index contributed by atoms with van der Waals surface area (Å²) < 4.78 is 0. The first-order valence-electron chi connectivity index (χ1n) is 2.77. The van der Waals surface area contributed by atoms with Gasteiger partial charge in [-0.1, -0.05) is 6.92 Å². The van der Waals surface area contributed by atoms with Crippen molar-refractivity contribution in [3.8, 4) is 0 Å². The van der Waals surface area contributed by atoms with Gasteiger partial charge in [0.25, 0.3) is 0 Å². The molecule has 0 aliphatic carbocycles. The van der Waals surface area contributed by atoms with E-state index in [0.29, 0.717) is 6.42 Å². The quantitative estimate of drug-likeness (QED) is 0.472. The summed E-state index contributed by atoms with van der Waals surface area (Å²) in [7, 11) is 0. The molecule has 0 atom stereocenters. The van der Waals surface area contributed by atoms with Gasteiger partial charge in [0, 0.05) is 6.42 Å². The van der Waals surface area contributed by atoms with Crippen LogP contribution in [-0.4, -0.2) is 25.8 Å². The second-order valence-electron chi connectivity index (χ2n) is 1.66. The highest BCUT2D eigenvalue weighted by atomic mass is 32.5. The molecule has 0 spiro atoms. The molecule has 0 saturated heterocycles. The summed E-state index contributed by atoms with van der Waals surface area (Å²) in [5, 5.41) is 7.91. The zero-order chi connectivity index (χ0) is 9.49. The van der Waals surface area contributed by atoms with Gasteiger partial charge in [-0.2, -0.15) is 0 Å². The molecule has 0 heterocycles. The number of aliphatic carboxylic acids is 1. The molecule has 0 fully saturated rings. The summed E-state index contributed by atoms with van der Waals surface area (Å²) in [6.45, 7) is -1.96. The van der Waals surface area contributed by atoms with Gasteiger partial charge >= 0.3 is 12.7 Å². The van der Waals surface area contributed by atoms with E-state index < -0.39 is 12.7 Å². The summed E-state index contributed by atoms with van der Waals surface area (Å²) in [4.78, 5) is 32.3. The predicted molar refractivity (Wildman–Crippen MR) is 43.5 cm³/mol. The molecule has 11 heavy (non-hydrogen) atoms. The van der Waals surface area contributed by atoms with Crippen molar-refractivity contribution in [1.82, 2.24) is 0 Å². The van der Waals surface area contributed by atoms with E-state index in [9.17, 15) is 4.79 Å². The maximum absolute atomic E-state index is 9.60. The molecule has 5 nitrogen and oxygen atoms in total. The Kier molecular flexibility index (Phi) is 8.26. The summed E-state index contributed by atoms with van der Waals surface area (Å²) in [6.07, 6.45) is 1.02. The van der Waals surface area contributed by atoms with Gasteiger partial charge in [-0.05, 0) is 18.2 Å². The fourth-order valence-electron chi connectivity index (χ4n) is 0.214. The second kappa shape index (κ2) is 6.69. The van der Waals surface area contributed by atoms with E-state index in [1.807, 2.05) is 6.92 Å². The van der Waals surface area contributed by atoms with Gasteiger partial charge in [0.05, 0.1) is 0 Å². The minimum absolute atomic E-state index is 0.292. The molecule has 4 N–H and O–H groups in total. The Morgan fingerprint density at radius 1 is 1.45 bits per heavy atom. The van der Waals surface area contributed by atoms with Gasteiger partial charge in [0.1, 0.15) is 0 Å². The molecular weight excluding hydrogens is 191 g/mol. The van der Waals surface area contributed by atoms with Gasteiger partial charge < -0.3 is 19.8 Å². The van der Waals surface area contributed by atoms with Crippen LogP contribution in [0.25, 0.3) is 0 Å². The number of hydrogen-bond donors (Lipinski definition) is 4. The van der Waals surface area contributed by atoms with E-state index in [2.05, 4.69) is 11.8 Å². The molecule has 0 amide bonds.